The summed E-state index contributed by atoms with van der Waals surface area (Å²) in [5.74, 6) is 0.337. The number of nitrogens with zero attached hydrogens (tertiary/aromatic N) is 1. The minimum absolute atomic E-state index is 0.0631. The number of anilines is 1. The molecule has 0 bridgehead atoms. The van der Waals surface area contributed by atoms with E-state index in [4.69, 9.17) is 14.2 Å². The minimum atomic E-state index is -0.380. The molecule has 0 saturated heterocycles. The van der Waals surface area contributed by atoms with Crippen LogP contribution in [0.2, 0.25) is 0 Å². The highest BCUT2D eigenvalue weighted by Gasteiger charge is 2.43. The second-order valence-corrected chi connectivity index (χ2v) is 7.38. The fourth-order valence-corrected chi connectivity index (χ4v) is 4.19. The summed E-state index contributed by atoms with van der Waals surface area (Å²) in [6.07, 6.45) is 0.177. The maximum absolute atomic E-state index is 13.2. The van der Waals surface area contributed by atoms with Gasteiger partial charge in [-0.25, -0.2) is 4.79 Å². The Morgan fingerprint density at radius 2 is 1.66 bits per heavy atom. The van der Waals surface area contributed by atoms with Gasteiger partial charge in [0, 0.05) is 18.0 Å². The van der Waals surface area contributed by atoms with Gasteiger partial charge in [0.2, 0.25) is 5.91 Å². The lowest BCUT2D eigenvalue weighted by Crippen LogP contribution is -2.37. The van der Waals surface area contributed by atoms with Gasteiger partial charge in [-0.15, -0.1) is 0 Å². The molecule has 0 fully saturated rings. The van der Waals surface area contributed by atoms with Crippen molar-refractivity contribution in [2.24, 2.45) is 0 Å². The highest BCUT2D eigenvalue weighted by Crippen LogP contribution is 2.43. The molecule has 6 heteroatoms. The molecule has 2 aromatic carbocycles. The van der Waals surface area contributed by atoms with E-state index in [1.54, 1.807) is 25.2 Å². The Morgan fingerprint density at radius 3 is 2.31 bits per heavy atom. The van der Waals surface area contributed by atoms with Crippen molar-refractivity contribution in [2.75, 3.05) is 25.7 Å². The van der Waals surface area contributed by atoms with Gasteiger partial charge in [-0.2, -0.15) is 0 Å². The first kappa shape index (κ1) is 19.1. The summed E-state index contributed by atoms with van der Waals surface area (Å²) in [5.41, 5.74) is 4.86. The molecule has 0 unspecified atom stereocenters. The van der Waals surface area contributed by atoms with Gasteiger partial charge in [0.05, 0.1) is 25.5 Å². The van der Waals surface area contributed by atoms with Crippen LogP contribution in [0.1, 0.15) is 29.0 Å². The zero-order valence-electron chi connectivity index (χ0n) is 16.9. The molecule has 1 amide bonds. The summed E-state index contributed by atoms with van der Waals surface area (Å²) < 4.78 is 16.0. The molecule has 0 spiro atoms. The molecule has 0 radical (unpaired) electrons. The van der Waals surface area contributed by atoms with Crippen LogP contribution in [0.25, 0.3) is 0 Å². The van der Waals surface area contributed by atoms with Crippen molar-refractivity contribution < 1.29 is 23.8 Å². The number of cyclic esters (lactones) is 1. The molecule has 0 aromatic heterocycles. The van der Waals surface area contributed by atoms with E-state index in [9.17, 15) is 9.59 Å². The molecular formula is C23H23NO5. The van der Waals surface area contributed by atoms with Crippen LogP contribution >= 0.6 is 0 Å². The molecule has 2 aromatic rings. The van der Waals surface area contributed by atoms with Gasteiger partial charge in [0.25, 0.3) is 0 Å². The number of rotatable bonds is 4. The quantitative estimate of drug-likeness (QED) is 0.742. The Bertz CT molecular complexity index is 1020. The van der Waals surface area contributed by atoms with Crippen LogP contribution < -0.4 is 14.4 Å². The molecule has 2 aliphatic heterocycles. The Balaban J connectivity index is 1.82. The zero-order chi connectivity index (χ0) is 20.7. The number of hydrogen-bond donors (Lipinski definition) is 0. The topological polar surface area (TPSA) is 65.1 Å². The maximum Gasteiger partial charge on any atom is 0.336 e. The van der Waals surface area contributed by atoms with Crippen molar-refractivity contribution in [2.45, 2.75) is 26.2 Å². The van der Waals surface area contributed by atoms with E-state index < -0.39 is 0 Å². The van der Waals surface area contributed by atoms with Gasteiger partial charge in [0.15, 0.2) is 11.5 Å². The number of amides is 1. The number of ether oxygens (including phenoxy) is 3. The fourth-order valence-electron chi connectivity index (χ4n) is 4.19. The van der Waals surface area contributed by atoms with Crippen LogP contribution in [0.4, 0.5) is 5.69 Å². The maximum atomic E-state index is 13.2. The molecule has 0 saturated carbocycles. The van der Waals surface area contributed by atoms with Crippen LogP contribution in [-0.4, -0.2) is 32.7 Å². The molecule has 29 heavy (non-hydrogen) atoms. The molecule has 6 nitrogen and oxygen atoms in total. The predicted octanol–water partition coefficient (Wildman–Crippen LogP) is 3.65. The Labute approximate surface area is 169 Å². The summed E-state index contributed by atoms with van der Waals surface area (Å²) in [4.78, 5) is 27.4. The summed E-state index contributed by atoms with van der Waals surface area (Å²) >= 11 is 0. The minimum Gasteiger partial charge on any atom is -0.493 e. The highest BCUT2D eigenvalue weighted by atomic mass is 16.5. The van der Waals surface area contributed by atoms with Gasteiger partial charge in [-0.05, 0) is 54.8 Å². The first-order chi connectivity index (χ1) is 13.9. The van der Waals surface area contributed by atoms with E-state index in [0.717, 1.165) is 22.4 Å². The van der Waals surface area contributed by atoms with E-state index in [0.29, 0.717) is 22.8 Å². The lowest BCUT2D eigenvalue weighted by atomic mass is 9.84. The van der Waals surface area contributed by atoms with Gasteiger partial charge in [-0.1, -0.05) is 12.1 Å². The first-order valence-corrected chi connectivity index (χ1v) is 9.46. The van der Waals surface area contributed by atoms with E-state index in [1.165, 1.54) is 0 Å². The van der Waals surface area contributed by atoms with Gasteiger partial charge in [-0.3, -0.25) is 9.69 Å². The number of hydrogen-bond acceptors (Lipinski definition) is 5. The molecule has 2 heterocycles. The average Bonchev–Trinajstić information content (AvgIpc) is 3.07. The number of carbonyl (C=O) groups excluding carboxylic acids is 2. The van der Waals surface area contributed by atoms with Crippen LogP contribution in [0.5, 0.6) is 11.5 Å². The molecular weight excluding hydrogens is 370 g/mol. The molecule has 0 aliphatic carbocycles. The zero-order valence-corrected chi connectivity index (χ0v) is 16.9. The van der Waals surface area contributed by atoms with E-state index in [2.05, 4.69) is 6.07 Å². The lowest BCUT2D eigenvalue weighted by molar-refractivity contribution is -0.136. The number of aryl methyl sites for hydroxylation is 2. The van der Waals surface area contributed by atoms with E-state index >= 15 is 0 Å². The third kappa shape index (κ3) is 3.24. The van der Waals surface area contributed by atoms with Crippen molar-refractivity contribution in [1.29, 1.82) is 0 Å². The van der Waals surface area contributed by atoms with Gasteiger partial charge in [0.1, 0.15) is 6.61 Å². The van der Waals surface area contributed by atoms with Gasteiger partial charge >= 0.3 is 5.97 Å². The van der Waals surface area contributed by atoms with Crippen molar-refractivity contribution >= 4 is 17.6 Å². The second-order valence-electron chi connectivity index (χ2n) is 7.38. The monoisotopic (exact) mass is 393 g/mol. The van der Waals surface area contributed by atoms with Crippen molar-refractivity contribution in [3.8, 4) is 11.5 Å². The predicted molar refractivity (Wildman–Crippen MR) is 108 cm³/mol. The standard InChI is InChI=1S/C23H23NO5/c1-13-7-14(2)9-16(8-13)24-18-12-29-23(26)22(18)17(11-21(24)25)15-5-6-19(27-3)20(10-15)28-4/h5-10,17H,11-12H2,1-4H3/t17-/m1/s1. The Hall–Kier alpha value is -3.28. The van der Waals surface area contributed by atoms with Crippen LogP contribution in [0.3, 0.4) is 0 Å². The molecule has 4 rings (SSSR count). The average molecular weight is 393 g/mol. The second kappa shape index (κ2) is 7.28. The number of esters is 1. The van der Waals surface area contributed by atoms with Crippen molar-refractivity contribution in [1.82, 2.24) is 0 Å². The smallest absolute Gasteiger partial charge is 0.336 e. The highest BCUT2D eigenvalue weighted by molar-refractivity contribution is 6.06. The third-order valence-electron chi connectivity index (χ3n) is 5.39. The molecule has 2 aliphatic rings. The third-order valence-corrected chi connectivity index (χ3v) is 5.39. The van der Waals surface area contributed by atoms with E-state index in [1.807, 2.05) is 38.1 Å². The van der Waals surface area contributed by atoms with Crippen LogP contribution in [-0.2, 0) is 14.3 Å². The Kier molecular flexibility index (Phi) is 4.78. The van der Waals surface area contributed by atoms with Gasteiger partial charge < -0.3 is 14.2 Å². The first-order valence-electron chi connectivity index (χ1n) is 9.46. The van der Waals surface area contributed by atoms with Crippen molar-refractivity contribution in [3.63, 3.8) is 0 Å². The Morgan fingerprint density at radius 1 is 0.966 bits per heavy atom. The fraction of sp³-hybridized carbons (Fsp3) is 0.304. The molecule has 0 N–H and O–H groups in total. The van der Waals surface area contributed by atoms with Crippen molar-refractivity contribution in [3.05, 3.63) is 64.4 Å². The number of carbonyl (C=O) groups is 2. The largest absolute Gasteiger partial charge is 0.493 e. The van der Waals surface area contributed by atoms with E-state index in [-0.39, 0.29) is 30.8 Å². The lowest BCUT2D eigenvalue weighted by Gasteiger charge is -2.32. The molecule has 150 valence electrons. The summed E-state index contributed by atoms with van der Waals surface area (Å²) in [6.45, 7) is 4.07. The number of methoxy groups -OCH3 is 2. The SMILES string of the molecule is COc1ccc([C@H]2CC(=O)N(c3cc(C)cc(C)c3)C3=C2C(=O)OC3)cc1OC. The summed E-state index contributed by atoms with van der Waals surface area (Å²) in [7, 11) is 3.13. The molecule has 1 atom stereocenters. The summed E-state index contributed by atoms with van der Waals surface area (Å²) in [5, 5.41) is 0. The van der Waals surface area contributed by atoms with Crippen LogP contribution in [0.15, 0.2) is 47.7 Å². The van der Waals surface area contributed by atoms with Crippen LogP contribution in [0, 0.1) is 13.8 Å². The number of benzene rings is 2. The normalized spacial score (nSPS) is 18.6. The summed E-state index contributed by atoms with van der Waals surface area (Å²) in [6, 6.07) is 11.4.